The van der Waals surface area contributed by atoms with Crippen LogP contribution in [0.5, 0.6) is 0 Å². The van der Waals surface area contributed by atoms with E-state index >= 15 is 0 Å². The van der Waals surface area contributed by atoms with E-state index in [4.69, 9.17) is 14.7 Å². The third-order valence-corrected chi connectivity index (χ3v) is 8.70. The molecule has 178 valence electrons. The van der Waals surface area contributed by atoms with Gasteiger partial charge in [0.25, 0.3) is 11.1 Å². The third-order valence-electron chi connectivity index (χ3n) is 6.48. The first-order chi connectivity index (χ1) is 16.4. The molecule has 1 aliphatic carbocycles. The lowest BCUT2D eigenvalue weighted by Gasteiger charge is -2.20. The van der Waals surface area contributed by atoms with Gasteiger partial charge in [0.2, 0.25) is 0 Å². The molecule has 4 aromatic rings. The van der Waals surface area contributed by atoms with Gasteiger partial charge in [-0.15, -0.1) is 11.3 Å². The molecule has 3 aromatic heterocycles. The molecule has 0 spiro atoms. The number of hydrogen-bond donors (Lipinski definition) is 1. The van der Waals surface area contributed by atoms with E-state index in [2.05, 4.69) is 11.9 Å². The zero-order valence-electron chi connectivity index (χ0n) is 19.8. The monoisotopic (exact) mass is 496 g/mol. The quantitative estimate of drug-likeness (QED) is 0.302. The van der Waals surface area contributed by atoms with Gasteiger partial charge in [0.15, 0.2) is 5.16 Å². The summed E-state index contributed by atoms with van der Waals surface area (Å²) in [5.41, 5.74) is 1.66. The summed E-state index contributed by atoms with van der Waals surface area (Å²) in [6, 6.07) is 7.18. The summed E-state index contributed by atoms with van der Waals surface area (Å²) < 4.78 is 7.02. The van der Waals surface area contributed by atoms with Crippen molar-refractivity contribution in [1.29, 1.82) is 0 Å². The Balaban J connectivity index is 1.56. The van der Waals surface area contributed by atoms with Crippen molar-refractivity contribution in [1.82, 2.24) is 19.5 Å². The van der Waals surface area contributed by atoms with Gasteiger partial charge in [-0.25, -0.2) is 9.97 Å². The van der Waals surface area contributed by atoms with Crippen molar-refractivity contribution in [2.75, 3.05) is 13.7 Å². The first-order valence-electron chi connectivity index (χ1n) is 11.6. The van der Waals surface area contributed by atoms with E-state index in [1.807, 2.05) is 32.0 Å². The number of aromatic nitrogens is 4. The zero-order valence-corrected chi connectivity index (χ0v) is 21.4. The molecule has 1 N–H and O–H groups in total. The molecule has 1 aliphatic rings. The highest BCUT2D eigenvalue weighted by Gasteiger charge is 2.25. The second-order valence-corrected chi connectivity index (χ2v) is 11.5. The number of rotatable bonds is 6. The number of aromatic amines is 1. The van der Waals surface area contributed by atoms with Crippen molar-refractivity contribution >= 4 is 44.2 Å². The molecule has 0 saturated carbocycles. The van der Waals surface area contributed by atoms with Crippen molar-refractivity contribution < 1.29 is 4.74 Å². The average molecular weight is 497 g/mol. The van der Waals surface area contributed by atoms with Crippen molar-refractivity contribution in [3.8, 4) is 0 Å². The zero-order chi connectivity index (χ0) is 24.0. The summed E-state index contributed by atoms with van der Waals surface area (Å²) >= 11 is 3.07. The predicted molar refractivity (Wildman–Crippen MR) is 138 cm³/mol. The van der Waals surface area contributed by atoms with Crippen LogP contribution in [0.2, 0.25) is 0 Å². The van der Waals surface area contributed by atoms with Crippen LogP contribution in [-0.4, -0.2) is 33.2 Å². The molecule has 5 rings (SSSR count). The van der Waals surface area contributed by atoms with E-state index < -0.39 is 0 Å². The number of para-hydroxylation sites is 1. The number of H-pyrrole nitrogens is 1. The van der Waals surface area contributed by atoms with Crippen LogP contribution in [0.4, 0.5) is 0 Å². The molecule has 34 heavy (non-hydrogen) atoms. The number of benzene rings is 1. The highest BCUT2D eigenvalue weighted by Crippen LogP contribution is 2.38. The van der Waals surface area contributed by atoms with E-state index in [1.165, 1.54) is 22.2 Å². The van der Waals surface area contributed by atoms with Crippen LogP contribution in [0.3, 0.4) is 0 Å². The van der Waals surface area contributed by atoms with Gasteiger partial charge in [-0.05, 0) is 56.7 Å². The number of thiophene rings is 1. The molecule has 3 unspecified atom stereocenters. The van der Waals surface area contributed by atoms with Gasteiger partial charge in [0.05, 0.1) is 34.2 Å². The van der Waals surface area contributed by atoms with Gasteiger partial charge >= 0.3 is 0 Å². The van der Waals surface area contributed by atoms with Crippen LogP contribution in [0.1, 0.15) is 54.7 Å². The molecule has 0 fully saturated rings. The summed E-state index contributed by atoms with van der Waals surface area (Å²) in [5.74, 6) is 1.24. The largest absolute Gasteiger partial charge is 0.383 e. The van der Waals surface area contributed by atoms with Crippen molar-refractivity contribution in [2.24, 2.45) is 5.92 Å². The Morgan fingerprint density at radius 3 is 2.85 bits per heavy atom. The number of aryl methyl sites for hydroxylation is 1. The van der Waals surface area contributed by atoms with Crippen LogP contribution in [-0.2, 0) is 17.6 Å². The molecule has 0 saturated heterocycles. The Morgan fingerprint density at radius 1 is 1.26 bits per heavy atom. The van der Waals surface area contributed by atoms with Gasteiger partial charge < -0.3 is 9.72 Å². The Kier molecular flexibility index (Phi) is 6.35. The summed E-state index contributed by atoms with van der Waals surface area (Å²) in [6.07, 6.45) is 3.06. The lowest BCUT2D eigenvalue weighted by Crippen LogP contribution is -2.28. The third kappa shape index (κ3) is 4.10. The molecule has 0 amide bonds. The smallest absolute Gasteiger partial charge is 0.262 e. The highest BCUT2D eigenvalue weighted by molar-refractivity contribution is 7.99. The Labute approximate surface area is 205 Å². The predicted octanol–water partition coefficient (Wildman–Crippen LogP) is 4.88. The Morgan fingerprint density at radius 2 is 2.06 bits per heavy atom. The molecule has 1 aromatic carbocycles. The van der Waals surface area contributed by atoms with E-state index in [9.17, 15) is 9.59 Å². The van der Waals surface area contributed by atoms with E-state index in [1.54, 1.807) is 29.1 Å². The Bertz CT molecular complexity index is 1490. The van der Waals surface area contributed by atoms with Gasteiger partial charge in [-0.2, -0.15) is 0 Å². The first-order valence-corrected chi connectivity index (χ1v) is 13.3. The molecule has 3 heterocycles. The SMILES string of the molecule is COCC(C)n1c(SC(C)c2nc3sc4c(c3c(=O)[nH]2)CCC(C)C4)nc2ccccc2c1=O. The van der Waals surface area contributed by atoms with Crippen molar-refractivity contribution in [3.63, 3.8) is 0 Å². The summed E-state index contributed by atoms with van der Waals surface area (Å²) in [6.45, 7) is 6.58. The second-order valence-electron chi connectivity index (χ2n) is 9.13. The maximum Gasteiger partial charge on any atom is 0.262 e. The minimum atomic E-state index is -0.204. The number of nitrogens with one attached hydrogen (secondary N) is 1. The molecule has 0 bridgehead atoms. The van der Waals surface area contributed by atoms with Gasteiger partial charge in [0, 0.05) is 12.0 Å². The molecule has 0 aliphatic heterocycles. The fraction of sp³-hybridized carbons (Fsp3) is 0.440. The summed E-state index contributed by atoms with van der Waals surface area (Å²) in [4.78, 5) is 41.2. The van der Waals surface area contributed by atoms with Crippen molar-refractivity contribution in [3.05, 3.63) is 61.2 Å². The molecule has 7 nitrogen and oxygen atoms in total. The minimum absolute atomic E-state index is 0.0730. The van der Waals surface area contributed by atoms with Crippen LogP contribution >= 0.6 is 23.1 Å². The fourth-order valence-corrected chi connectivity index (χ4v) is 7.14. The normalized spacial score (nSPS) is 17.7. The number of ether oxygens (including phenoxy) is 1. The van der Waals surface area contributed by atoms with E-state index in [0.717, 1.165) is 29.5 Å². The standard InChI is InChI=1S/C25H28N4O3S2/c1-13-9-10-17-19(11-13)34-23-20(17)22(30)27-21(28-23)15(3)33-25-26-18-8-6-5-7-16(18)24(31)29(25)14(2)12-32-4/h5-8,13-15H,9-12H2,1-4H3,(H,27,28,30). The summed E-state index contributed by atoms with van der Waals surface area (Å²) in [7, 11) is 1.62. The summed E-state index contributed by atoms with van der Waals surface area (Å²) in [5, 5.41) is 1.71. The lowest BCUT2D eigenvalue weighted by molar-refractivity contribution is 0.156. The van der Waals surface area contributed by atoms with E-state index in [-0.39, 0.29) is 22.4 Å². The molecule has 3 atom stereocenters. The average Bonchev–Trinajstić information content (AvgIpc) is 3.17. The molecular weight excluding hydrogens is 468 g/mol. The number of methoxy groups -OCH3 is 1. The van der Waals surface area contributed by atoms with Crippen molar-refractivity contribution in [2.45, 2.75) is 56.5 Å². The number of fused-ring (bicyclic) bond motifs is 4. The first kappa shape index (κ1) is 23.3. The molecular formula is C25H28N4O3S2. The minimum Gasteiger partial charge on any atom is -0.383 e. The van der Waals surface area contributed by atoms with E-state index in [0.29, 0.717) is 34.4 Å². The maximum atomic E-state index is 13.3. The van der Waals surface area contributed by atoms with Crippen LogP contribution in [0.25, 0.3) is 21.1 Å². The number of hydrogen-bond acceptors (Lipinski definition) is 7. The number of nitrogens with zero attached hydrogens (tertiary/aromatic N) is 3. The van der Waals surface area contributed by atoms with Crippen LogP contribution < -0.4 is 11.1 Å². The molecule has 9 heteroatoms. The fourth-order valence-electron chi connectivity index (χ4n) is 4.69. The lowest BCUT2D eigenvalue weighted by atomic mass is 9.89. The van der Waals surface area contributed by atoms with Crippen LogP contribution in [0, 0.1) is 5.92 Å². The number of thioether (sulfide) groups is 1. The van der Waals surface area contributed by atoms with Gasteiger partial charge in [-0.1, -0.05) is 30.8 Å². The maximum absolute atomic E-state index is 13.3. The second kappa shape index (κ2) is 9.28. The molecule has 0 radical (unpaired) electrons. The van der Waals surface area contributed by atoms with Crippen LogP contribution in [0.15, 0.2) is 39.0 Å². The highest BCUT2D eigenvalue weighted by atomic mass is 32.2. The topological polar surface area (TPSA) is 89.9 Å². The Hall–Kier alpha value is -2.49. The van der Waals surface area contributed by atoms with Gasteiger partial charge in [-0.3, -0.25) is 14.2 Å². The van der Waals surface area contributed by atoms with Gasteiger partial charge in [0.1, 0.15) is 10.7 Å².